The van der Waals surface area contributed by atoms with Gasteiger partial charge in [0.1, 0.15) is 0 Å². The summed E-state index contributed by atoms with van der Waals surface area (Å²) in [5, 5.41) is 0. The Morgan fingerprint density at radius 2 is 1.85 bits per heavy atom. The molecule has 0 radical (unpaired) electrons. The van der Waals surface area contributed by atoms with E-state index >= 15 is 0 Å². The van der Waals surface area contributed by atoms with Crippen LogP contribution in [0.25, 0.3) is 0 Å². The van der Waals surface area contributed by atoms with Gasteiger partial charge in [0.15, 0.2) is 5.79 Å². The highest BCUT2D eigenvalue weighted by Gasteiger charge is 2.44. The van der Waals surface area contributed by atoms with Gasteiger partial charge in [-0.1, -0.05) is 27.2 Å². The van der Waals surface area contributed by atoms with Gasteiger partial charge in [0, 0.05) is 0 Å². The molecular formula is C11H22O2. The second-order valence-corrected chi connectivity index (χ2v) is 4.16. The van der Waals surface area contributed by atoms with Gasteiger partial charge in [-0.2, -0.15) is 0 Å². The van der Waals surface area contributed by atoms with E-state index in [2.05, 4.69) is 20.8 Å². The van der Waals surface area contributed by atoms with Crippen LogP contribution in [0.1, 0.15) is 53.4 Å². The van der Waals surface area contributed by atoms with Crippen molar-refractivity contribution in [3.8, 4) is 0 Å². The van der Waals surface area contributed by atoms with E-state index < -0.39 is 0 Å². The summed E-state index contributed by atoms with van der Waals surface area (Å²) in [6.07, 6.45) is 4.25. The van der Waals surface area contributed by atoms with E-state index in [4.69, 9.17) is 9.47 Å². The van der Waals surface area contributed by atoms with Crippen LogP contribution in [0.15, 0.2) is 0 Å². The molecule has 1 rings (SSSR count). The van der Waals surface area contributed by atoms with Gasteiger partial charge >= 0.3 is 0 Å². The highest BCUT2D eigenvalue weighted by molar-refractivity contribution is 4.87. The molecule has 78 valence electrons. The molecule has 1 aliphatic rings. The standard InChI is InChI=1S/C11H22O2/c1-5-8-11(7-3)9-12-10(4,6-2)13-11/h5-9H2,1-4H3. The monoisotopic (exact) mass is 186 g/mol. The van der Waals surface area contributed by atoms with Gasteiger partial charge in [0.2, 0.25) is 0 Å². The molecule has 0 N–H and O–H groups in total. The molecule has 0 aromatic carbocycles. The Kier molecular flexibility index (Phi) is 3.36. The smallest absolute Gasteiger partial charge is 0.166 e. The van der Waals surface area contributed by atoms with Crippen LogP contribution in [0.5, 0.6) is 0 Å². The molecule has 0 aromatic heterocycles. The van der Waals surface area contributed by atoms with E-state index in [1.165, 1.54) is 0 Å². The van der Waals surface area contributed by atoms with Gasteiger partial charge in [-0.3, -0.25) is 0 Å². The fourth-order valence-electron chi connectivity index (χ4n) is 1.91. The van der Waals surface area contributed by atoms with Gasteiger partial charge in [0.25, 0.3) is 0 Å². The van der Waals surface area contributed by atoms with Crippen molar-refractivity contribution in [1.82, 2.24) is 0 Å². The van der Waals surface area contributed by atoms with Crippen molar-refractivity contribution in [2.75, 3.05) is 6.61 Å². The SMILES string of the molecule is CCCC1(CC)COC(C)(CC)O1. The molecule has 2 atom stereocenters. The molecule has 13 heavy (non-hydrogen) atoms. The van der Waals surface area contributed by atoms with Crippen LogP contribution in [0, 0.1) is 0 Å². The minimum absolute atomic E-state index is 0.000486. The van der Waals surface area contributed by atoms with Crippen molar-refractivity contribution in [3.63, 3.8) is 0 Å². The van der Waals surface area contributed by atoms with Crippen molar-refractivity contribution in [2.45, 2.75) is 64.8 Å². The molecule has 1 heterocycles. The van der Waals surface area contributed by atoms with E-state index in [1.54, 1.807) is 0 Å². The molecule has 2 nitrogen and oxygen atoms in total. The Hall–Kier alpha value is -0.0800. The third-order valence-corrected chi connectivity index (χ3v) is 3.07. The summed E-state index contributed by atoms with van der Waals surface area (Å²) in [5.41, 5.74) is -0.000486. The van der Waals surface area contributed by atoms with E-state index in [-0.39, 0.29) is 11.4 Å². The number of rotatable bonds is 4. The predicted molar refractivity (Wildman–Crippen MR) is 53.7 cm³/mol. The first kappa shape index (κ1) is 11.0. The quantitative estimate of drug-likeness (QED) is 0.671. The van der Waals surface area contributed by atoms with Gasteiger partial charge in [-0.05, 0) is 26.2 Å². The van der Waals surface area contributed by atoms with Crippen LogP contribution in [0.3, 0.4) is 0 Å². The van der Waals surface area contributed by atoms with E-state index in [9.17, 15) is 0 Å². The minimum atomic E-state index is -0.328. The zero-order chi connectivity index (χ0) is 9.95. The van der Waals surface area contributed by atoms with Gasteiger partial charge < -0.3 is 9.47 Å². The maximum atomic E-state index is 6.05. The minimum Gasteiger partial charge on any atom is -0.347 e. The van der Waals surface area contributed by atoms with Gasteiger partial charge in [-0.15, -0.1) is 0 Å². The molecule has 1 aliphatic heterocycles. The molecular weight excluding hydrogens is 164 g/mol. The van der Waals surface area contributed by atoms with Crippen LogP contribution in [0.2, 0.25) is 0 Å². The molecule has 0 amide bonds. The summed E-state index contributed by atoms with van der Waals surface area (Å²) in [5.74, 6) is -0.328. The fraction of sp³-hybridized carbons (Fsp3) is 1.00. The van der Waals surface area contributed by atoms with Crippen LogP contribution >= 0.6 is 0 Å². The third kappa shape index (κ3) is 2.23. The average Bonchev–Trinajstić information content (AvgIpc) is 2.47. The van der Waals surface area contributed by atoms with Gasteiger partial charge in [0.05, 0.1) is 12.2 Å². The Bertz CT molecular complexity index is 169. The molecule has 0 aliphatic carbocycles. The summed E-state index contributed by atoms with van der Waals surface area (Å²) in [6.45, 7) is 9.29. The van der Waals surface area contributed by atoms with E-state index in [0.717, 1.165) is 32.3 Å². The van der Waals surface area contributed by atoms with Crippen molar-refractivity contribution in [1.29, 1.82) is 0 Å². The second-order valence-electron chi connectivity index (χ2n) is 4.16. The topological polar surface area (TPSA) is 18.5 Å². The molecule has 0 spiro atoms. The number of hydrogen-bond acceptors (Lipinski definition) is 2. The largest absolute Gasteiger partial charge is 0.347 e. The lowest BCUT2D eigenvalue weighted by atomic mass is 9.96. The summed E-state index contributed by atoms with van der Waals surface area (Å²) in [7, 11) is 0. The normalized spacial score (nSPS) is 39.7. The average molecular weight is 186 g/mol. The van der Waals surface area contributed by atoms with Crippen molar-refractivity contribution in [2.24, 2.45) is 0 Å². The lowest BCUT2D eigenvalue weighted by Gasteiger charge is -2.29. The molecule has 2 heteroatoms. The van der Waals surface area contributed by atoms with E-state index in [1.807, 2.05) is 6.92 Å². The maximum absolute atomic E-state index is 6.05. The summed E-state index contributed by atoms with van der Waals surface area (Å²) in [6, 6.07) is 0. The number of hydrogen-bond donors (Lipinski definition) is 0. The highest BCUT2D eigenvalue weighted by atomic mass is 16.8. The van der Waals surface area contributed by atoms with E-state index in [0.29, 0.717) is 0 Å². The van der Waals surface area contributed by atoms with Crippen LogP contribution in [-0.2, 0) is 9.47 Å². The molecule has 0 saturated carbocycles. The van der Waals surface area contributed by atoms with Crippen molar-refractivity contribution in [3.05, 3.63) is 0 Å². The Morgan fingerprint density at radius 1 is 1.15 bits per heavy atom. The highest BCUT2D eigenvalue weighted by Crippen LogP contribution is 2.38. The Morgan fingerprint density at radius 3 is 2.23 bits per heavy atom. The maximum Gasteiger partial charge on any atom is 0.166 e. The first-order valence-electron chi connectivity index (χ1n) is 5.44. The Labute approximate surface area is 81.6 Å². The third-order valence-electron chi connectivity index (χ3n) is 3.07. The van der Waals surface area contributed by atoms with Crippen LogP contribution < -0.4 is 0 Å². The first-order valence-corrected chi connectivity index (χ1v) is 5.44. The zero-order valence-corrected chi connectivity index (χ0v) is 9.35. The Balaban J connectivity index is 2.62. The molecule has 1 fully saturated rings. The van der Waals surface area contributed by atoms with Crippen LogP contribution in [0.4, 0.5) is 0 Å². The first-order chi connectivity index (χ1) is 6.10. The van der Waals surface area contributed by atoms with Crippen molar-refractivity contribution < 1.29 is 9.47 Å². The lowest BCUT2D eigenvalue weighted by molar-refractivity contribution is -0.178. The number of ether oxygens (including phenoxy) is 2. The van der Waals surface area contributed by atoms with Gasteiger partial charge in [-0.25, -0.2) is 0 Å². The van der Waals surface area contributed by atoms with Crippen LogP contribution in [-0.4, -0.2) is 18.0 Å². The second kappa shape index (κ2) is 3.97. The summed E-state index contributed by atoms with van der Waals surface area (Å²) >= 11 is 0. The predicted octanol–water partition coefficient (Wildman–Crippen LogP) is 3.11. The zero-order valence-electron chi connectivity index (χ0n) is 9.35. The molecule has 0 aromatic rings. The molecule has 1 saturated heterocycles. The summed E-state index contributed by atoms with van der Waals surface area (Å²) < 4.78 is 11.8. The lowest BCUT2D eigenvalue weighted by Crippen LogP contribution is -2.34. The van der Waals surface area contributed by atoms with Crippen molar-refractivity contribution >= 4 is 0 Å². The molecule has 2 unspecified atom stereocenters. The molecule has 0 bridgehead atoms. The summed E-state index contributed by atoms with van der Waals surface area (Å²) in [4.78, 5) is 0. The fourth-order valence-corrected chi connectivity index (χ4v) is 1.91.